The van der Waals surface area contributed by atoms with Gasteiger partial charge in [-0.15, -0.1) is 0 Å². The molecule has 0 saturated heterocycles. The maximum absolute atomic E-state index is 13.2. The third-order valence-corrected chi connectivity index (χ3v) is 5.11. The Morgan fingerprint density at radius 2 is 1.76 bits per heavy atom. The van der Waals surface area contributed by atoms with E-state index in [1.807, 2.05) is 65.0 Å². The molecule has 152 valence electrons. The molecule has 3 aromatic rings. The number of hydrogen-bond donors (Lipinski definition) is 0. The van der Waals surface area contributed by atoms with Gasteiger partial charge in [-0.2, -0.15) is 9.78 Å². The average Bonchev–Trinajstić information content (AvgIpc) is 2.62. The van der Waals surface area contributed by atoms with Crippen molar-refractivity contribution in [2.45, 2.75) is 46.1 Å². The summed E-state index contributed by atoms with van der Waals surface area (Å²) in [4.78, 5) is 18.0. The summed E-state index contributed by atoms with van der Waals surface area (Å²) in [5.74, 6) is 1.30. The number of halogens is 2. The Kier molecular flexibility index (Phi) is 6.29. The van der Waals surface area contributed by atoms with Gasteiger partial charge in [0.2, 0.25) is 0 Å². The fourth-order valence-corrected chi connectivity index (χ4v) is 3.58. The van der Waals surface area contributed by atoms with Crippen LogP contribution in [0, 0.1) is 0 Å². The van der Waals surface area contributed by atoms with Gasteiger partial charge < -0.3 is 4.74 Å². The molecular formula is C22H23Br2N3O2. The molecule has 0 fully saturated rings. The van der Waals surface area contributed by atoms with Gasteiger partial charge in [0, 0.05) is 19.9 Å². The van der Waals surface area contributed by atoms with E-state index in [4.69, 9.17) is 9.72 Å². The van der Waals surface area contributed by atoms with Gasteiger partial charge in [-0.3, -0.25) is 4.79 Å². The number of ether oxygens (including phenoxy) is 1. The summed E-state index contributed by atoms with van der Waals surface area (Å²) in [6, 6.07) is 11.2. The molecule has 1 aromatic heterocycles. The zero-order valence-corrected chi connectivity index (χ0v) is 20.2. The van der Waals surface area contributed by atoms with Crippen LogP contribution in [0.15, 0.2) is 55.2 Å². The predicted octanol–water partition coefficient (Wildman–Crippen LogP) is 5.89. The lowest BCUT2D eigenvalue weighted by Crippen LogP contribution is -2.29. The van der Waals surface area contributed by atoms with Gasteiger partial charge >= 0.3 is 0 Å². The molecular weight excluding hydrogens is 498 g/mol. The molecule has 0 radical (unpaired) electrons. The second-order valence-corrected chi connectivity index (χ2v) is 9.89. The first kappa shape index (κ1) is 21.7. The molecule has 0 spiro atoms. The Hall–Kier alpha value is -1.99. The molecule has 0 unspecified atom stereocenters. The molecule has 29 heavy (non-hydrogen) atoms. The van der Waals surface area contributed by atoms with E-state index < -0.39 is 0 Å². The fourth-order valence-electron chi connectivity index (χ4n) is 2.84. The molecule has 0 aliphatic carbocycles. The molecule has 0 bridgehead atoms. The number of nitrogens with zero attached hydrogens (tertiary/aromatic N) is 3. The largest absolute Gasteiger partial charge is 0.490 e. The van der Waals surface area contributed by atoms with Crippen molar-refractivity contribution in [2.75, 3.05) is 0 Å². The van der Waals surface area contributed by atoms with Gasteiger partial charge in [-0.25, -0.2) is 4.98 Å². The molecule has 0 aliphatic heterocycles. The zero-order valence-electron chi connectivity index (χ0n) is 17.0. The van der Waals surface area contributed by atoms with Crippen molar-refractivity contribution in [1.82, 2.24) is 9.66 Å². The summed E-state index contributed by atoms with van der Waals surface area (Å²) < 4.78 is 8.99. The molecule has 2 aromatic carbocycles. The monoisotopic (exact) mass is 519 g/mol. The third-order valence-electron chi connectivity index (χ3n) is 4.13. The Balaban J connectivity index is 2.21. The molecule has 0 saturated carbocycles. The molecule has 5 nitrogen and oxygen atoms in total. The van der Waals surface area contributed by atoms with Crippen molar-refractivity contribution >= 4 is 49.0 Å². The second kappa shape index (κ2) is 8.40. The van der Waals surface area contributed by atoms with Crippen LogP contribution in [-0.2, 0) is 5.41 Å². The van der Waals surface area contributed by atoms with E-state index in [1.165, 1.54) is 4.68 Å². The summed E-state index contributed by atoms with van der Waals surface area (Å²) in [5, 5.41) is 5.04. The normalized spacial score (nSPS) is 12.3. The third kappa shape index (κ3) is 4.95. The first-order chi connectivity index (χ1) is 13.6. The van der Waals surface area contributed by atoms with E-state index in [0.717, 1.165) is 14.5 Å². The molecule has 1 heterocycles. The number of benzene rings is 2. The lowest BCUT2D eigenvalue weighted by atomic mass is 9.95. The predicted molar refractivity (Wildman–Crippen MR) is 125 cm³/mol. The summed E-state index contributed by atoms with van der Waals surface area (Å²) >= 11 is 6.92. The van der Waals surface area contributed by atoms with Gasteiger partial charge in [-0.1, -0.05) is 52.6 Å². The maximum Gasteiger partial charge on any atom is 0.282 e. The minimum Gasteiger partial charge on any atom is -0.490 e. The lowest BCUT2D eigenvalue weighted by Gasteiger charge is -2.21. The summed E-state index contributed by atoms with van der Waals surface area (Å²) in [5.41, 5.74) is 0.848. The second-order valence-electron chi connectivity index (χ2n) is 8.06. The fraction of sp³-hybridized carbons (Fsp3) is 0.318. The van der Waals surface area contributed by atoms with Crippen LogP contribution >= 0.6 is 31.9 Å². The Bertz CT molecular complexity index is 1150. The average molecular weight is 521 g/mol. The number of hydrogen-bond acceptors (Lipinski definition) is 4. The molecule has 0 amide bonds. The highest BCUT2D eigenvalue weighted by atomic mass is 79.9. The highest BCUT2D eigenvalue weighted by Crippen LogP contribution is 2.25. The summed E-state index contributed by atoms with van der Waals surface area (Å²) in [7, 11) is 0. The van der Waals surface area contributed by atoms with Crippen LogP contribution in [0.3, 0.4) is 0 Å². The highest BCUT2D eigenvalue weighted by Gasteiger charge is 2.23. The van der Waals surface area contributed by atoms with E-state index in [1.54, 1.807) is 12.3 Å². The van der Waals surface area contributed by atoms with Crippen molar-refractivity contribution in [1.29, 1.82) is 0 Å². The maximum atomic E-state index is 13.2. The Morgan fingerprint density at radius 3 is 2.41 bits per heavy atom. The van der Waals surface area contributed by atoms with Crippen LogP contribution in [0.4, 0.5) is 0 Å². The van der Waals surface area contributed by atoms with Gasteiger partial charge in [0.15, 0.2) is 0 Å². The van der Waals surface area contributed by atoms with E-state index >= 15 is 0 Å². The van der Waals surface area contributed by atoms with E-state index in [-0.39, 0.29) is 17.1 Å². The SMILES string of the molecule is CC(C)Oc1ccc(Br)cc1C=Nn1c(C(C)(C)C)nc2ccc(Br)cc2c1=O. The zero-order chi connectivity index (χ0) is 21.3. The summed E-state index contributed by atoms with van der Waals surface area (Å²) in [6.07, 6.45) is 1.67. The van der Waals surface area contributed by atoms with E-state index in [0.29, 0.717) is 22.5 Å². The minimum atomic E-state index is -0.369. The van der Waals surface area contributed by atoms with Gasteiger partial charge in [0.05, 0.1) is 23.2 Å². The summed E-state index contributed by atoms with van der Waals surface area (Å²) in [6.45, 7) is 9.97. The number of rotatable bonds is 4. The van der Waals surface area contributed by atoms with Gasteiger partial charge in [-0.05, 0) is 50.2 Å². The highest BCUT2D eigenvalue weighted by molar-refractivity contribution is 9.10. The molecule has 0 N–H and O–H groups in total. The number of aromatic nitrogens is 2. The lowest BCUT2D eigenvalue weighted by molar-refractivity contribution is 0.242. The van der Waals surface area contributed by atoms with Crippen LogP contribution in [-0.4, -0.2) is 22.0 Å². The number of fused-ring (bicyclic) bond motifs is 1. The van der Waals surface area contributed by atoms with Crippen molar-refractivity contribution in [2.24, 2.45) is 5.10 Å². The Labute approximate surface area is 187 Å². The van der Waals surface area contributed by atoms with Gasteiger partial charge in [0.1, 0.15) is 11.6 Å². The van der Waals surface area contributed by atoms with Crippen LogP contribution in [0.2, 0.25) is 0 Å². The first-order valence-corrected chi connectivity index (χ1v) is 10.9. The standard InChI is InChI=1S/C22H23Br2N3O2/c1-13(2)29-19-9-7-15(23)10-14(19)12-25-27-20(28)17-11-16(24)6-8-18(17)26-21(27)22(3,4)5/h6-13H,1-5H3. The van der Waals surface area contributed by atoms with Crippen molar-refractivity contribution in [3.05, 3.63) is 67.1 Å². The van der Waals surface area contributed by atoms with Crippen molar-refractivity contribution in [3.63, 3.8) is 0 Å². The van der Waals surface area contributed by atoms with Gasteiger partial charge in [0.25, 0.3) is 5.56 Å². The quantitative estimate of drug-likeness (QED) is 0.403. The van der Waals surface area contributed by atoms with Crippen molar-refractivity contribution < 1.29 is 4.74 Å². The molecule has 0 atom stereocenters. The smallest absolute Gasteiger partial charge is 0.282 e. The van der Waals surface area contributed by atoms with Crippen LogP contribution < -0.4 is 10.3 Å². The molecule has 7 heteroatoms. The van der Waals surface area contributed by atoms with E-state index in [2.05, 4.69) is 37.0 Å². The van der Waals surface area contributed by atoms with E-state index in [9.17, 15) is 4.79 Å². The molecule has 3 rings (SSSR count). The topological polar surface area (TPSA) is 56.5 Å². The van der Waals surface area contributed by atoms with Crippen LogP contribution in [0.25, 0.3) is 10.9 Å². The van der Waals surface area contributed by atoms with Crippen molar-refractivity contribution in [3.8, 4) is 5.75 Å². The minimum absolute atomic E-state index is 0.0240. The molecule has 0 aliphatic rings. The first-order valence-electron chi connectivity index (χ1n) is 9.29. The van der Waals surface area contributed by atoms with Crippen LogP contribution in [0.1, 0.15) is 46.0 Å². The van der Waals surface area contributed by atoms with Crippen LogP contribution in [0.5, 0.6) is 5.75 Å². The Morgan fingerprint density at radius 1 is 1.10 bits per heavy atom.